The molecule has 8 heteroatoms. The third kappa shape index (κ3) is 3.96. The number of methoxy groups -OCH3 is 2. The van der Waals surface area contributed by atoms with Crippen molar-refractivity contribution in [1.29, 1.82) is 0 Å². The summed E-state index contributed by atoms with van der Waals surface area (Å²) in [5, 5.41) is 3.40. The van der Waals surface area contributed by atoms with Gasteiger partial charge in [0.15, 0.2) is 5.16 Å². The number of hydrogen-bond donors (Lipinski definition) is 1. The number of hydrogen-bond acceptors (Lipinski definition) is 6. The molecule has 2 aromatic carbocycles. The molecular weight excluding hydrogens is 378 g/mol. The highest BCUT2D eigenvalue weighted by molar-refractivity contribution is 8.00. The van der Waals surface area contributed by atoms with Gasteiger partial charge in [0, 0.05) is 13.1 Å². The number of benzene rings is 2. The number of fused-ring (bicyclic) bond motifs is 1. The van der Waals surface area contributed by atoms with Crippen LogP contribution in [-0.4, -0.2) is 34.9 Å². The van der Waals surface area contributed by atoms with Gasteiger partial charge in [0.05, 0.1) is 36.1 Å². The lowest BCUT2D eigenvalue weighted by Crippen LogP contribution is -2.25. The Morgan fingerprint density at radius 2 is 1.93 bits per heavy atom. The molecule has 0 aliphatic carbocycles. The number of thioether (sulfide) groups is 1. The van der Waals surface area contributed by atoms with E-state index in [2.05, 4.69) is 10.3 Å². The molecule has 0 aliphatic heterocycles. The lowest BCUT2D eigenvalue weighted by atomic mass is 10.2. The average molecular weight is 399 g/mol. The molecule has 146 valence electrons. The van der Waals surface area contributed by atoms with E-state index in [9.17, 15) is 9.59 Å². The molecule has 0 fully saturated rings. The van der Waals surface area contributed by atoms with Crippen molar-refractivity contribution in [2.45, 2.75) is 17.3 Å². The largest absolute Gasteiger partial charge is 0.497 e. The zero-order valence-corrected chi connectivity index (χ0v) is 16.9. The minimum atomic E-state index is -0.480. The molecule has 3 rings (SSSR count). The Labute approximate surface area is 166 Å². The van der Waals surface area contributed by atoms with Crippen molar-refractivity contribution in [3.05, 3.63) is 52.8 Å². The SMILES string of the molecule is COc1ccc(NC(=O)C(C)Sc2nc3ccccc3c(=O)n2C)c(OC)c1. The summed E-state index contributed by atoms with van der Waals surface area (Å²) < 4.78 is 11.9. The molecule has 3 aromatic rings. The molecule has 1 heterocycles. The molecule has 0 aliphatic rings. The zero-order chi connectivity index (χ0) is 20.3. The zero-order valence-electron chi connectivity index (χ0n) is 16.1. The normalized spacial score (nSPS) is 11.9. The average Bonchev–Trinajstić information content (AvgIpc) is 2.71. The van der Waals surface area contributed by atoms with E-state index < -0.39 is 5.25 Å². The lowest BCUT2D eigenvalue weighted by molar-refractivity contribution is -0.115. The van der Waals surface area contributed by atoms with Crippen LogP contribution in [0.25, 0.3) is 10.9 Å². The summed E-state index contributed by atoms with van der Waals surface area (Å²) in [6, 6.07) is 12.3. The van der Waals surface area contributed by atoms with Crippen molar-refractivity contribution in [1.82, 2.24) is 9.55 Å². The number of aromatic nitrogens is 2. The standard InChI is InChI=1S/C20H21N3O4S/c1-12(18(24)21-16-10-9-13(26-3)11-17(16)27-4)28-20-22-15-8-6-5-7-14(15)19(25)23(20)2/h5-12H,1-4H3,(H,21,24). The number of carbonyl (C=O) groups is 1. The van der Waals surface area contributed by atoms with E-state index in [1.165, 1.54) is 23.4 Å². The highest BCUT2D eigenvalue weighted by atomic mass is 32.2. The molecule has 0 radical (unpaired) electrons. The van der Waals surface area contributed by atoms with E-state index in [0.29, 0.717) is 33.2 Å². The van der Waals surface area contributed by atoms with Gasteiger partial charge in [-0.25, -0.2) is 4.98 Å². The minimum Gasteiger partial charge on any atom is -0.497 e. The Morgan fingerprint density at radius 1 is 1.18 bits per heavy atom. The fraction of sp³-hybridized carbons (Fsp3) is 0.250. The number of amides is 1. The molecule has 7 nitrogen and oxygen atoms in total. The van der Waals surface area contributed by atoms with Gasteiger partial charge >= 0.3 is 0 Å². The third-order valence-corrected chi connectivity index (χ3v) is 5.40. The second-order valence-corrected chi connectivity index (χ2v) is 7.40. The van der Waals surface area contributed by atoms with Crippen molar-refractivity contribution in [3.63, 3.8) is 0 Å². The van der Waals surface area contributed by atoms with Crippen molar-refractivity contribution in [2.75, 3.05) is 19.5 Å². The van der Waals surface area contributed by atoms with E-state index >= 15 is 0 Å². The molecule has 1 amide bonds. The Morgan fingerprint density at radius 3 is 2.64 bits per heavy atom. The topological polar surface area (TPSA) is 82.5 Å². The van der Waals surface area contributed by atoms with Gasteiger partial charge in [0.1, 0.15) is 11.5 Å². The van der Waals surface area contributed by atoms with Gasteiger partial charge in [-0.1, -0.05) is 23.9 Å². The van der Waals surface area contributed by atoms with Crippen LogP contribution in [0.2, 0.25) is 0 Å². The highest BCUT2D eigenvalue weighted by Gasteiger charge is 2.19. The summed E-state index contributed by atoms with van der Waals surface area (Å²) in [7, 11) is 4.74. The van der Waals surface area contributed by atoms with Gasteiger partial charge in [-0.05, 0) is 31.2 Å². The van der Waals surface area contributed by atoms with Gasteiger partial charge in [-0.2, -0.15) is 0 Å². The van der Waals surface area contributed by atoms with Gasteiger partial charge in [-0.3, -0.25) is 14.2 Å². The number of nitrogens with one attached hydrogen (secondary N) is 1. The molecule has 0 saturated carbocycles. The number of carbonyl (C=O) groups excluding carboxylic acids is 1. The number of rotatable bonds is 6. The molecule has 1 atom stereocenters. The first-order valence-electron chi connectivity index (χ1n) is 8.60. The molecule has 1 unspecified atom stereocenters. The van der Waals surface area contributed by atoms with Crippen LogP contribution in [0.3, 0.4) is 0 Å². The predicted molar refractivity (Wildman–Crippen MR) is 110 cm³/mol. The lowest BCUT2D eigenvalue weighted by Gasteiger charge is -2.16. The first-order chi connectivity index (χ1) is 13.4. The summed E-state index contributed by atoms with van der Waals surface area (Å²) in [6.45, 7) is 1.76. The summed E-state index contributed by atoms with van der Waals surface area (Å²) in [5.41, 5.74) is 1.01. The molecule has 0 spiro atoms. The van der Waals surface area contributed by atoms with Crippen LogP contribution in [0.5, 0.6) is 11.5 Å². The van der Waals surface area contributed by atoms with E-state index in [1.54, 1.807) is 57.5 Å². The van der Waals surface area contributed by atoms with Crippen LogP contribution >= 0.6 is 11.8 Å². The number of ether oxygens (including phenoxy) is 2. The van der Waals surface area contributed by atoms with Crippen LogP contribution in [0.4, 0.5) is 5.69 Å². The molecule has 0 saturated heterocycles. The smallest absolute Gasteiger partial charge is 0.261 e. The van der Waals surface area contributed by atoms with Crippen LogP contribution < -0.4 is 20.3 Å². The summed E-state index contributed by atoms with van der Waals surface area (Å²) in [6.07, 6.45) is 0. The molecular formula is C20H21N3O4S. The van der Waals surface area contributed by atoms with E-state index in [4.69, 9.17) is 9.47 Å². The first kappa shape index (κ1) is 19.8. The second kappa shape index (κ2) is 8.35. The minimum absolute atomic E-state index is 0.141. The maximum Gasteiger partial charge on any atom is 0.261 e. The van der Waals surface area contributed by atoms with Crippen LogP contribution in [0.15, 0.2) is 52.4 Å². The van der Waals surface area contributed by atoms with Gasteiger partial charge in [-0.15, -0.1) is 0 Å². The van der Waals surface area contributed by atoms with Gasteiger partial charge in [0.25, 0.3) is 5.56 Å². The predicted octanol–water partition coefficient (Wildman–Crippen LogP) is 3.07. The van der Waals surface area contributed by atoms with E-state index in [0.717, 1.165) is 0 Å². The molecule has 1 N–H and O–H groups in total. The quantitative estimate of drug-likeness (QED) is 0.507. The van der Waals surface area contributed by atoms with Crippen molar-refractivity contribution >= 4 is 34.3 Å². The second-order valence-electron chi connectivity index (χ2n) is 6.09. The monoisotopic (exact) mass is 399 g/mol. The van der Waals surface area contributed by atoms with Gasteiger partial charge < -0.3 is 14.8 Å². The van der Waals surface area contributed by atoms with Crippen molar-refractivity contribution < 1.29 is 14.3 Å². The van der Waals surface area contributed by atoms with Crippen LogP contribution in [-0.2, 0) is 11.8 Å². The molecule has 28 heavy (non-hydrogen) atoms. The Bertz CT molecular complexity index is 1080. The Hall–Kier alpha value is -3.00. The summed E-state index contributed by atoms with van der Waals surface area (Å²) >= 11 is 1.22. The number of nitrogens with zero attached hydrogens (tertiary/aromatic N) is 2. The van der Waals surface area contributed by atoms with E-state index in [-0.39, 0.29) is 11.5 Å². The summed E-state index contributed by atoms with van der Waals surface area (Å²) in [4.78, 5) is 29.7. The Balaban J connectivity index is 1.81. The van der Waals surface area contributed by atoms with E-state index in [1.807, 2.05) is 6.07 Å². The summed E-state index contributed by atoms with van der Waals surface area (Å²) in [5.74, 6) is 0.907. The Kier molecular flexibility index (Phi) is 5.89. The number of anilines is 1. The maximum atomic E-state index is 12.7. The van der Waals surface area contributed by atoms with Crippen LogP contribution in [0.1, 0.15) is 6.92 Å². The van der Waals surface area contributed by atoms with Crippen molar-refractivity contribution in [3.8, 4) is 11.5 Å². The van der Waals surface area contributed by atoms with Crippen LogP contribution in [0, 0.1) is 0 Å². The number of para-hydroxylation sites is 1. The van der Waals surface area contributed by atoms with Crippen molar-refractivity contribution in [2.24, 2.45) is 7.05 Å². The van der Waals surface area contributed by atoms with Gasteiger partial charge in [0.2, 0.25) is 5.91 Å². The fourth-order valence-corrected chi connectivity index (χ4v) is 3.53. The fourth-order valence-electron chi connectivity index (χ4n) is 2.65. The third-order valence-electron chi connectivity index (χ3n) is 4.26. The maximum absolute atomic E-state index is 12.7. The first-order valence-corrected chi connectivity index (χ1v) is 9.48. The molecule has 0 bridgehead atoms. The molecule has 1 aromatic heterocycles. The highest BCUT2D eigenvalue weighted by Crippen LogP contribution is 2.30.